The van der Waals surface area contributed by atoms with Gasteiger partial charge in [-0.2, -0.15) is 0 Å². The molecule has 1 atom stereocenters. The topological polar surface area (TPSA) is 172 Å². The number of carbonyl (C=O) groups is 3. The molecule has 0 heterocycles. The number of unbranched alkanes of at least 4 members (excludes halogenated alkanes) is 1. The molecule has 0 bridgehead atoms. The van der Waals surface area contributed by atoms with E-state index in [2.05, 4.69) is 20.7 Å². The van der Waals surface area contributed by atoms with Crippen molar-refractivity contribution in [1.82, 2.24) is 10.6 Å². The third-order valence-corrected chi connectivity index (χ3v) is 4.91. The molecule has 0 rings (SSSR count). The van der Waals surface area contributed by atoms with Gasteiger partial charge in [0.1, 0.15) is 5.78 Å². The molecule has 0 saturated carbocycles. The highest BCUT2D eigenvalue weighted by Crippen LogP contribution is 2.16. The number of Topliss-reactive ketones (excluding diaryl/α,β-unsaturated/α-hetero) is 1. The number of hydrogen-bond acceptors (Lipinski definition) is 8. The van der Waals surface area contributed by atoms with E-state index in [1.165, 1.54) is 0 Å². The molecule has 0 saturated heterocycles. The first-order valence-electron chi connectivity index (χ1n) is 12.0. The summed E-state index contributed by atoms with van der Waals surface area (Å²) in [6.45, 7) is 6.37. The summed E-state index contributed by atoms with van der Waals surface area (Å²) in [5.74, 6) is -0.873. The van der Waals surface area contributed by atoms with Gasteiger partial charge in [-0.15, -0.1) is 0 Å². The van der Waals surface area contributed by atoms with Crippen molar-refractivity contribution in [2.45, 2.75) is 51.9 Å². The second kappa shape index (κ2) is 23.9. The zero-order valence-electron chi connectivity index (χ0n) is 20.3. The molecule has 12 nitrogen and oxygen atoms in total. The monoisotopic (exact) mass is 487 g/mol. The van der Waals surface area contributed by atoms with Gasteiger partial charge in [0, 0.05) is 56.5 Å². The summed E-state index contributed by atoms with van der Waals surface area (Å²) in [7, 11) is 0. The maximum absolute atomic E-state index is 12.4. The molecular weight excluding hydrogens is 446 g/mol. The van der Waals surface area contributed by atoms with Crippen molar-refractivity contribution in [3.63, 3.8) is 0 Å². The molecule has 0 fully saturated rings. The molecule has 0 radical (unpaired) electrons. The third-order valence-electron chi connectivity index (χ3n) is 4.91. The van der Waals surface area contributed by atoms with E-state index >= 15 is 0 Å². The van der Waals surface area contributed by atoms with Crippen molar-refractivity contribution in [1.29, 1.82) is 0 Å². The van der Waals surface area contributed by atoms with Crippen molar-refractivity contribution in [3.05, 3.63) is 10.4 Å². The summed E-state index contributed by atoms with van der Waals surface area (Å²) < 4.78 is 16.1. The van der Waals surface area contributed by atoms with Gasteiger partial charge in [0.25, 0.3) is 0 Å². The van der Waals surface area contributed by atoms with E-state index in [4.69, 9.17) is 24.8 Å². The number of rotatable bonds is 25. The van der Waals surface area contributed by atoms with Gasteiger partial charge in [0.2, 0.25) is 5.91 Å². The molecule has 0 aromatic heterocycles. The van der Waals surface area contributed by atoms with Crippen molar-refractivity contribution >= 4 is 17.7 Å². The first-order valence-corrected chi connectivity index (χ1v) is 12.0. The molecule has 3 N–H and O–H groups in total. The van der Waals surface area contributed by atoms with E-state index in [1.807, 2.05) is 6.92 Å². The predicted molar refractivity (Wildman–Crippen MR) is 126 cm³/mol. The number of azide groups is 1. The number of ketones is 1. The van der Waals surface area contributed by atoms with E-state index in [0.29, 0.717) is 91.5 Å². The van der Waals surface area contributed by atoms with Crippen LogP contribution in [0.4, 0.5) is 0 Å². The molecule has 34 heavy (non-hydrogen) atoms. The summed E-state index contributed by atoms with van der Waals surface area (Å²) in [6.07, 6.45) is 3.64. The molecule has 196 valence electrons. The van der Waals surface area contributed by atoms with Crippen LogP contribution in [0.3, 0.4) is 0 Å². The molecule has 1 unspecified atom stereocenters. The van der Waals surface area contributed by atoms with E-state index in [-0.39, 0.29) is 24.0 Å². The normalized spacial score (nSPS) is 11.6. The fourth-order valence-corrected chi connectivity index (χ4v) is 3.00. The Morgan fingerprint density at radius 2 is 1.59 bits per heavy atom. The Kier molecular flexibility index (Phi) is 22.3. The van der Waals surface area contributed by atoms with E-state index in [1.54, 1.807) is 0 Å². The Labute approximate surface area is 201 Å². The van der Waals surface area contributed by atoms with Gasteiger partial charge in [-0.25, -0.2) is 0 Å². The first kappa shape index (κ1) is 31.8. The molecule has 12 heteroatoms. The standard InChI is InChI=1S/C22H41N5O7/c1-2-19(6-7-21(29)25-11-10-24-9-8-22(30)31)20(28)5-3-4-13-32-15-17-34-18-16-33-14-12-26-27-23/h19,24H,2-18H2,1H3,(H,25,29)(H,30,31). The average Bonchev–Trinajstić information content (AvgIpc) is 2.81. The molecule has 0 spiro atoms. The lowest BCUT2D eigenvalue weighted by atomic mass is 9.92. The molecule has 0 aromatic rings. The lowest BCUT2D eigenvalue weighted by molar-refractivity contribution is -0.137. The number of nitrogens with one attached hydrogen (secondary N) is 2. The third kappa shape index (κ3) is 21.6. The van der Waals surface area contributed by atoms with Crippen LogP contribution < -0.4 is 10.6 Å². The Bertz CT molecular complexity index is 600. The van der Waals surface area contributed by atoms with Crippen molar-refractivity contribution in [2.24, 2.45) is 11.0 Å². The second-order valence-electron chi connectivity index (χ2n) is 7.60. The zero-order valence-corrected chi connectivity index (χ0v) is 20.3. The summed E-state index contributed by atoms with van der Waals surface area (Å²) >= 11 is 0. The van der Waals surface area contributed by atoms with Crippen LogP contribution in [0.1, 0.15) is 51.9 Å². The second-order valence-corrected chi connectivity index (χ2v) is 7.60. The van der Waals surface area contributed by atoms with E-state index < -0.39 is 5.97 Å². The molecule has 1 amide bonds. The molecular formula is C22H41N5O7. The van der Waals surface area contributed by atoms with Gasteiger partial charge >= 0.3 is 5.97 Å². The van der Waals surface area contributed by atoms with Crippen LogP contribution in [0.15, 0.2) is 5.11 Å². The predicted octanol–water partition coefficient (Wildman–Crippen LogP) is 2.07. The minimum Gasteiger partial charge on any atom is -0.481 e. The molecule has 0 aliphatic carbocycles. The molecule has 0 aliphatic rings. The van der Waals surface area contributed by atoms with Gasteiger partial charge in [0.15, 0.2) is 0 Å². The summed E-state index contributed by atoms with van der Waals surface area (Å²) in [4.78, 5) is 37.4. The zero-order chi connectivity index (χ0) is 25.3. The maximum Gasteiger partial charge on any atom is 0.304 e. The first-order chi connectivity index (χ1) is 16.5. The van der Waals surface area contributed by atoms with Crippen LogP contribution in [-0.2, 0) is 28.6 Å². The van der Waals surface area contributed by atoms with Crippen molar-refractivity contribution < 1.29 is 33.7 Å². The van der Waals surface area contributed by atoms with Gasteiger partial charge in [-0.05, 0) is 31.2 Å². The maximum atomic E-state index is 12.4. The SMILES string of the molecule is CCC(CCC(=O)NCCNCCC(=O)O)C(=O)CCCCOCCOCCOCCN=[N+]=[N-]. The number of carboxylic acids is 1. The highest BCUT2D eigenvalue weighted by molar-refractivity contribution is 5.82. The number of amides is 1. The lowest BCUT2D eigenvalue weighted by Crippen LogP contribution is -2.33. The number of hydrogen-bond donors (Lipinski definition) is 3. The quantitative estimate of drug-likeness (QED) is 0.0759. The van der Waals surface area contributed by atoms with Crippen molar-refractivity contribution in [2.75, 3.05) is 65.8 Å². The Morgan fingerprint density at radius 1 is 0.912 bits per heavy atom. The minimum atomic E-state index is -0.858. The van der Waals surface area contributed by atoms with E-state index in [0.717, 1.165) is 12.8 Å². The molecule has 0 aromatic carbocycles. The van der Waals surface area contributed by atoms with Crippen LogP contribution in [0, 0.1) is 5.92 Å². The number of nitrogens with zero attached hydrogens (tertiary/aromatic N) is 3. The van der Waals surface area contributed by atoms with Crippen LogP contribution >= 0.6 is 0 Å². The Hall–Kier alpha value is -2.24. The Morgan fingerprint density at radius 3 is 2.24 bits per heavy atom. The summed E-state index contributed by atoms with van der Waals surface area (Å²) in [5.41, 5.74) is 8.12. The van der Waals surface area contributed by atoms with Gasteiger partial charge in [0.05, 0.1) is 39.5 Å². The smallest absolute Gasteiger partial charge is 0.304 e. The lowest BCUT2D eigenvalue weighted by Gasteiger charge is -2.14. The van der Waals surface area contributed by atoms with E-state index in [9.17, 15) is 14.4 Å². The summed E-state index contributed by atoms with van der Waals surface area (Å²) in [5, 5.41) is 17.6. The highest BCUT2D eigenvalue weighted by atomic mass is 16.5. The van der Waals surface area contributed by atoms with Gasteiger partial charge < -0.3 is 30.0 Å². The largest absolute Gasteiger partial charge is 0.481 e. The fourth-order valence-electron chi connectivity index (χ4n) is 3.00. The van der Waals surface area contributed by atoms with Gasteiger partial charge in [-0.1, -0.05) is 12.0 Å². The Balaban J connectivity index is 3.61. The minimum absolute atomic E-state index is 0.0493. The highest BCUT2D eigenvalue weighted by Gasteiger charge is 2.17. The van der Waals surface area contributed by atoms with Crippen LogP contribution in [0.5, 0.6) is 0 Å². The number of carboxylic acid groups (broad SMARTS) is 1. The van der Waals surface area contributed by atoms with Crippen LogP contribution in [0.2, 0.25) is 0 Å². The summed E-state index contributed by atoms with van der Waals surface area (Å²) in [6, 6.07) is 0. The molecule has 0 aliphatic heterocycles. The van der Waals surface area contributed by atoms with Crippen molar-refractivity contribution in [3.8, 4) is 0 Å². The number of carbonyl (C=O) groups excluding carboxylic acids is 2. The number of ether oxygens (including phenoxy) is 3. The average molecular weight is 488 g/mol. The fraction of sp³-hybridized carbons (Fsp3) is 0.864. The van der Waals surface area contributed by atoms with Crippen LogP contribution in [-0.4, -0.2) is 88.6 Å². The van der Waals surface area contributed by atoms with Crippen LogP contribution in [0.25, 0.3) is 10.4 Å². The van der Waals surface area contributed by atoms with Gasteiger partial charge in [-0.3, -0.25) is 14.4 Å². The number of aliphatic carboxylic acids is 1.